The molecule has 2 heterocycles. The lowest BCUT2D eigenvalue weighted by Crippen LogP contribution is -2.36. The van der Waals surface area contributed by atoms with E-state index in [0.29, 0.717) is 13.2 Å². The van der Waals surface area contributed by atoms with E-state index in [1.807, 2.05) is 0 Å². The van der Waals surface area contributed by atoms with E-state index in [1.54, 1.807) is 0 Å². The maximum Gasteiger partial charge on any atom is 0.285 e. The maximum atomic E-state index is 11.7. The van der Waals surface area contributed by atoms with E-state index in [2.05, 4.69) is 5.32 Å². The van der Waals surface area contributed by atoms with Crippen LogP contribution in [0, 0.1) is 10.1 Å². The van der Waals surface area contributed by atoms with E-state index in [4.69, 9.17) is 4.74 Å². The Kier molecular flexibility index (Phi) is 4.46. The van der Waals surface area contributed by atoms with E-state index in [9.17, 15) is 19.7 Å². The summed E-state index contributed by atoms with van der Waals surface area (Å²) in [6.45, 7) is 0.848. The molecule has 2 rings (SSSR count). The zero-order valence-electron chi connectivity index (χ0n) is 10.8. The van der Waals surface area contributed by atoms with Gasteiger partial charge < -0.3 is 10.1 Å². The summed E-state index contributed by atoms with van der Waals surface area (Å²) in [6.07, 6.45) is 2.95. The molecule has 1 atom stereocenters. The molecule has 1 aliphatic heterocycles. The van der Waals surface area contributed by atoms with Crippen LogP contribution in [0.1, 0.15) is 12.8 Å². The number of nitrogens with zero attached hydrogens (tertiary/aromatic N) is 2. The number of aromatic nitrogens is 1. The van der Waals surface area contributed by atoms with E-state index in [1.165, 1.54) is 0 Å². The molecule has 1 amide bonds. The molecule has 20 heavy (non-hydrogen) atoms. The summed E-state index contributed by atoms with van der Waals surface area (Å²) >= 11 is 0. The number of carbonyl (C=O) groups is 1. The van der Waals surface area contributed by atoms with Crippen molar-refractivity contribution in [2.75, 3.05) is 13.2 Å². The largest absolute Gasteiger partial charge is 0.376 e. The van der Waals surface area contributed by atoms with Crippen molar-refractivity contribution in [2.24, 2.45) is 0 Å². The minimum Gasteiger partial charge on any atom is -0.376 e. The van der Waals surface area contributed by atoms with Gasteiger partial charge in [0.2, 0.25) is 5.91 Å². The van der Waals surface area contributed by atoms with Crippen LogP contribution in [0.5, 0.6) is 0 Å². The minimum absolute atomic E-state index is 0.0146. The number of hydrogen-bond donors (Lipinski definition) is 1. The van der Waals surface area contributed by atoms with Crippen molar-refractivity contribution < 1.29 is 14.5 Å². The van der Waals surface area contributed by atoms with Crippen molar-refractivity contribution in [1.82, 2.24) is 9.88 Å². The Morgan fingerprint density at radius 3 is 3.00 bits per heavy atom. The predicted octanol–water partition coefficient (Wildman–Crippen LogP) is 0.0517. The van der Waals surface area contributed by atoms with Gasteiger partial charge in [0.15, 0.2) is 0 Å². The summed E-state index contributed by atoms with van der Waals surface area (Å²) in [7, 11) is 0. The first-order valence-corrected chi connectivity index (χ1v) is 6.29. The maximum absolute atomic E-state index is 11.7. The highest BCUT2D eigenvalue weighted by molar-refractivity contribution is 5.75. The van der Waals surface area contributed by atoms with Gasteiger partial charge in [-0.2, -0.15) is 0 Å². The fraction of sp³-hybridized carbons (Fsp3) is 0.500. The Hall–Kier alpha value is -2.22. The zero-order chi connectivity index (χ0) is 14.5. The second kappa shape index (κ2) is 6.29. The zero-order valence-corrected chi connectivity index (χ0v) is 10.8. The Balaban J connectivity index is 1.94. The molecule has 1 aromatic heterocycles. The summed E-state index contributed by atoms with van der Waals surface area (Å²) in [6, 6.07) is 2.19. The number of nitro groups is 1. The molecule has 0 radical (unpaired) electrons. The number of pyridine rings is 1. The highest BCUT2D eigenvalue weighted by atomic mass is 16.6. The van der Waals surface area contributed by atoms with E-state index < -0.39 is 10.5 Å². The van der Waals surface area contributed by atoms with Crippen LogP contribution in [0.3, 0.4) is 0 Å². The Labute approximate surface area is 114 Å². The number of carbonyl (C=O) groups excluding carboxylic acids is 1. The highest BCUT2D eigenvalue weighted by Gasteiger charge is 2.16. The third-order valence-corrected chi connectivity index (χ3v) is 3.04. The number of nitrogens with one attached hydrogen (secondary N) is 1. The molecule has 1 aliphatic rings. The molecule has 0 aromatic carbocycles. The fourth-order valence-corrected chi connectivity index (χ4v) is 1.99. The summed E-state index contributed by atoms with van der Waals surface area (Å²) in [4.78, 5) is 33.2. The van der Waals surface area contributed by atoms with E-state index in [0.717, 1.165) is 35.7 Å². The average Bonchev–Trinajstić information content (AvgIpc) is 2.92. The molecule has 1 N–H and O–H groups in total. The lowest BCUT2D eigenvalue weighted by atomic mass is 10.2. The van der Waals surface area contributed by atoms with Crippen LogP contribution in [-0.4, -0.2) is 34.7 Å². The molecule has 0 unspecified atom stereocenters. The molecular formula is C12H15N3O5. The van der Waals surface area contributed by atoms with Gasteiger partial charge >= 0.3 is 0 Å². The van der Waals surface area contributed by atoms with Crippen molar-refractivity contribution in [3.63, 3.8) is 0 Å². The minimum atomic E-state index is -0.611. The van der Waals surface area contributed by atoms with Crippen molar-refractivity contribution in [2.45, 2.75) is 25.5 Å². The van der Waals surface area contributed by atoms with Gasteiger partial charge in [0.25, 0.3) is 11.2 Å². The van der Waals surface area contributed by atoms with Gasteiger partial charge in [-0.15, -0.1) is 0 Å². The van der Waals surface area contributed by atoms with Crippen LogP contribution >= 0.6 is 0 Å². The van der Waals surface area contributed by atoms with Crippen LogP contribution in [0.4, 0.5) is 5.69 Å². The number of amides is 1. The Bertz CT molecular complexity index is 562. The monoisotopic (exact) mass is 281 g/mol. The topological polar surface area (TPSA) is 103 Å². The molecule has 1 aromatic rings. The quantitative estimate of drug-likeness (QED) is 0.606. The molecule has 8 heteroatoms. The molecule has 8 nitrogen and oxygen atoms in total. The molecule has 1 fully saturated rings. The second-order valence-electron chi connectivity index (χ2n) is 4.55. The van der Waals surface area contributed by atoms with Gasteiger partial charge in [0.05, 0.1) is 17.2 Å². The van der Waals surface area contributed by atoms with Gasteiger partial charge in [-0.1, -0.05) is 0 Å². The molecule has 0 spiro atoms. The smallest absolute Gasteiger partial charge is 0.285 e. The van der Waals surface area contributed by atoms with Crippen LogP contribution in [0.25, 0.3) is 0 Å². The van der Waals surface area contributed by atoms with E-state index >= 15 is 0 Å². The molecule has 0 aliphatic carbocycles. The Morgan fingerprint density at radius 1 is 1.55 bits per heavy atom. The first-order valence-electron chi connectivity index (χ1n) is 6.29. The molecule has 0 saturated carbocycles. The van der Waals surface area contributed by atoms with E-state index in [-0.39, 0.29) is 24.2 Å². The lowest BCUT2D eigenvalue weighted by molar-refractivity contribution is -0.385. The number of ether oxygens (including phenoxy) is 1. The number of hydrogen-bond acceptors (Lipinski definition) is 5. The first-order chi connectivity index (χ1) is 9.56. The lowest BCUT2D eigenvalue weighted by Gasteiger charge is -2.11. The summed E-state index contributed by atoms with van der Waals surface area (Å²) in [5.74, 6) is -0.372. The predicted molar refractivity (Wildman–Crippen MR) is 69.3 cm³/mol. The molecule has 1 saturated heterocycles. The van der Waals surface area contributed by atoms with Gasteiger partial charge in [-0.3, -0.25) is 24.3 Å². The second-order valence-corrected chi connectivity index (χ2v) is 4.55. The third-order valence-electron chi connectivity index (χ3n) is 3.04. The van der Waals surface area contributed by atoms with Crippen LogP contribution in [0.15, 0.2) is 23.1 Å². The normalized spacial score (nSPS) is 17.9. The van der Waals surface area contributed by atoms with Gasteiger partial charge in [0, 0.05) is 25.3 Å². The molecule has 0 bridgehead atoms. The van der Waals surface area contributed by atoms with Crippen LogP contribution in [-0.2, 0) is 16.1 Å². The molecule has 108 valence electrons. The number of rotatable bonds is 5. The summed E-state index contributed by atoms with van der Waals surface area (Å²) < 4.78 is 6.37. The van der Waals surface area contributed by atoms with Crippen LogP contribution in [0.2, 0.25) is 0 Å². The summed E-state index contributed by atoms with van der Waals surface area (Å²) in [5.41, 5.74) is -0.681. The average molecular weight is 281 g/mol. The standard InChI is InChI=1S/C12H15N3O5/c16-11(13-6-10-2-1-5-20-10)8-14-7-9(15(18)19)3-4-12(14)17/h3-4,7,10H,1-2,5-6,8H2,(H,13,16)/t10-/m0/s1. The first kappa shape index (κ1) is 14.2. The molecular weight excluding hydrogens is 266 g/mol. The van der Waals surface area contributed by atoms with Crippen LogP contribution < -0.4 is 10.9 Å². The SMILES string of the molecule is O=C(Cn1cc([N+](=O)[O-])ccc1=O)NC[C@@H]1CCCO1. The fourth-order valence-electron chi connectivity index (χ4n) is 1.99. The van der Waals surface area contributed by atoms with Crippen molar-refractivity contribution in [1.29, 1.82) is 0 Å². The third kappa shape index (κ3) is 3.64. The summed E-state index contributed by atoms with van der Waals surface area (Å²) in [5, 5.41) is 13.3. The van der Waals surface area contributed by atoms with Crippen molar-refractivity contribution in [3.8, 4) is 0 Å². The van der Waals surface area contributed by atoms with Crippen molar-refractivity contribution >= 4 is 11.6 Å². The van der Waals surface area contributed by atoms with Gasteiger partial charge in [-0.05, 0) is 12.8 Å². The van der Waals surface area contributed by atoms with Crippen molar-refractivity contribution in [3.05, 3.63) is 38.8 Å². The Morgan fingerprint density at radius 2 is 2.35 bits per heavy atom. The van der Waals surface area contributed by atoms with Gasteiger partial charge in [-0.25, -0.2) is 0 Å². The highest BCUT2D eigenvalue weighted by Crippen LogP contribution is 2.10. The van der Waals surface area contributed by atoms with Gasteiger partial charge in [0.1, 0.15) is 6.54 Å².